The molecule has 0 saturated heterocycles. The lowest BCUT2D eigenvalue weighted by molar-refractivity contribution is -0.386. The molecule has 0 spiro atoms. The summed E-state index contributed by atoms with van der Waals surface area (Å²) < 4.78 is 5.76. The molecule has 4 nitrogen and oxygen atoms in total. The number of nitro groups is 1. The lowest BCUT2D eigenvalue weighted by Crippen LogP contribution is -2.53. The number of para-hydroxylation sites is 1. The summed E-state index contributed by atoms with van der Waals surface area (Å²) in [5.74, 6) is 0.168. The third kappa shape index (κ3) is 2.21. The van der Waals surface area contributed by atoms with Crippen molar-refractivity contribution in [3.05, 3.63) is 33.3 Å². The Balaban J connectivity index is 2.27. The Hall–Kier alpha value is -0.810. The fraction of sp³-hybridized carbons (Fsp3) is 0.500. The monoisotopic (exact) mass is 333 g/mol. The highest BCUT2D eigenvalue weighted by Gasteiger charge is 2.49. The summed E-state index contributed by atoms with van der Waals surface area (Å²) in [4.78, 5) is 10.8. The molecule has 0 heterocycles. The molecule has 1 aliphatic rings. The molecule has 98 valence electrons. The van der Waals surface area contributed by atoms with E-state index in [2.05, 4.69) is 29.8 Å². The summed E-state index contributed by atoms with van der Waals surface area (Å²) in [6, 6.07) is 4.55. The molecule has 1 saturated carbocycles. The van der Waals surface area contributed by atoms with Gasteiger partial charge in [-0.1, -0.05) is 47.4 Å². The Morgan fingerprint density at radius 1 is 1.56 bits per heavy atom. The Morgan fingerprint density at radius 2 is 2.22 bits per heavy atom. The van der Waals surface area contributed by atoms with Gasteiger partial charge in [-0.15, -0.1) is 0 Å². The van der Waals surface area contributed by atoms with E-state index in [1.54, 1.807) is 12.1 Å². The number of benzene rings is 1. The number of hydrogen-bond donors (Lipinski definition) is 0. The maximum Gasteiger partial charge on any atom is 0.312 e. The van der Waals surface area contributed by atoms with Gasteiger partial charge in [-0.3, -0.25) is 10.1 Å². The van der Waals surface area contributed by atoms with E-state index >= 15 is 0 Å². The molecule has 0 bridgehead atoms. The zero-order chi connectivity index (χ0) is 13.5. The van der Waals surface area contributed by atoms with Crippen LogP contribution in [-0.4, -0.2) is 15.9 Å². The van der Waals surface area contributed by atoms with Crippen molar-refractivity contribution in [1.29, 1.82) is 0 Å². The van der Waals surface area contributed by atoms with Crippen LogP contribution in [0.3, 0.4) is 0 Å². The van der Waals surface area contributed by atoms with Crippen LogP contribution in [-0.2, 0) is 0 Å². The summed E-state index contributed by atoms with van der Waals surface area (Å²) in [6.07, 6.45) is 0.746. The minimum Gasteiger partial charge on any atom is -0.482 e. The average Bonchev–Trinajstić information content (AvgIpc) is 2.30. The maximum absolute atomic E-state index is 10.9. The largest absolute Gasteiger partial charge is 0.482 e. The quantitative estimate of drug-likeness (QED) is 0.473. The van der Waals surface area contributed by atoms with Crippen LogP contribution < -0.4 is 4.74 Å². The number of hydrogen-bond acceptors (Lipinski definition) is 3. The van der Waals surface area contributed by atoms with Gasteiger partial charge >= 0.3 is 5.69 Å². The van der Waals surface area contributed by atoms with Crippen molar-refractivity contribution in [1.82, 2.24) is 0 Å². The fourth-order valence-corrected chi connectivity index (χ4v) is 2.79. The summed E-state index contributed by atoms with van der Waals surface area (Å²) in [5, 5.41) is 11.2. The summed E-state index contributed by atoms with van der Waals surface area (Å²) in [5.41, 5.74) is -0.149. The van der Waals surface area contributed by atoms with Crippen molar-refractivity contribution in [3.63, 3.8) is 0 Å². The van der Waals surface area contributed by atoms with Crippen LogP contribution in [0.2, 0.25) is 5.02 Å². The molecule has 1 aliphatic carbocycles. The first-order valence-corrected chi connectivity index (χ1v) is 6.87. The zero-order valence-electron chi connectivity index (χ0n) is 10.0. The van der Waals surface area contributed by atoms with Gasteiger partial charge in [0.25, 0.3) is 0 Å². The van der Waals surface area contributed by atoms with E-state index in [1.165, 1.54) is 6.07 Å². The summed E-state index contributed by atoms with van der Waals surface area (Å²) >= 11 is 9.54. The highest BCUT2D eigenvalue weighted by atomic mass is 79.9. The molecule has 2 rings (SSSR count). The highest BCUT2D eigenvalue weighted by molar-refractivity contribution is 9.09. The molecule has 0 radical (unpaired) electrons. The zero-order valence-corrected chi connectivity index (χ0v) is 12.4. The van der Waals surface area contributed by atoms with E-state index in [4.69, 9.17) is 16.3 Å². The number of nitrogens with zero attached hydrogens (tertiary/aromatic N) is 1. The standard InChI is InChI=1S/C12H13BrClNO3/c1-12(2)9(13)6-10(12)18-11-7(14)4-3-5-8(11)15(16)17/h3-5,9-10H,6H2,1-2H3. The summed E-state index contributed by atoms with van der Waals surface area (Å²) in [6.45, 7) is 4.12. The molecule has 0 aliphatic heterocycles. The Kier molecular flexibility index (Phi) is 3.56. The van der Waals surface area contributed by atoms with Gasteiger partial charge in [0.2, 0.25) is 5.75 Å². The van der Waals surface area contributed by atoms with Crippen molar-refractivity contribution in [2.75, 3.05) is 0 Å². The van der Waals surface area contributed by atoms with Crippen LogP contribution >= 0.6 is 27.5 Å². The number of ether oxygens (including phenoxy) is 1. The van der Waals surface area contributed by atoms with Gasteiger partial charge < -0.3 is 4.74 Å². The normalized spacial score (nSPS) is 25.3. The second kappa shape index (κ2) is 4.70. The Labute approximate surface area is 119 Å². The number of alkyl halides is 1. The molecular weight excluding hydrogens is 321 g/mol. The van der Waals surface area contributed by atoms with E-state index in [0.717, 1.165) is 6.42 Å². The van der Waals surface area contributed by atoms with Crippen molar-refractivity contribution < 1.29 is 9.66 Å². The fourth-order valence-electron chi connectivity index (χ4n) is 1.94. The predicted octanol–water partition coefficient (Wildman–Crippen LogP) is 4.19. The predicted molar refractivity (Wildman–Crippen MR) is 73.6 cm³/mol. The SMILES string of the molecule is CC1(C)C(Br)CC1Oc1c(Cl)cccc1[N+](=O)[O-]. The lowest BCUT2D eigenvalue weighted by atomic mass is 9.69. The molecular formula is C12H13BrClNO3. The third-order valence-corrected chi connectivity index (χ3v) is 5.31. The molecule has 18 heavy (non-hydrogen) atoms. The van der Waals surface area contributed by atoms with E-state index < -0.39 is 4.92 Å². The first kappa shape index (κ1) is 13.6. The molecule has 2 unspecified atom stereocenters. The second-order valence-corrected chi connectivity index (χ2v) is 6.49. The van der Waals surface area contributed by atoms with E-state index in [1.807, 2.05) is 0 Å². The molecule has 2 atom stereocenters. The molecule has 1 aromatic rings. The molecule has 1 aromatic carbocycles. The van der Waals surface area contributed by atoms with E-state index in [-0.39, 0.29) is 28.0 Å². The topological polar surface area (TPSA) is 52.4 Å². The van der Waals surface area contributed by atoms with Gasteiger partial charge in [0, 0.05) is 16.3 Å². The van der Waals surface area contributed by atoms with Crippen LogP contribution in [0.4, 0.5) is 5.69 Å². The second-order valence-electron chi connectivity index (χ2n) is 4.98. The summed E-state index contributed by atoms with van der Waals surface area (Å²) in [7, 11) is 0. The first-order chi connectivity index (χ1) is 8.34. The van der Waals surface area contributed by atoms with Gasteiger partial charge in [0.1, 0.15) is 6.10 Å². The Bertz CT molecular complexity index is 492. The average molecular weight is 335 g/mol. The third-order valence-electron chi connectivity index (χ3n) is 3.46. The smallest absolute Gasteiger partial charge is 0.312 e. The van der Waals surface area contributed by atoms with Crippen LogP contribution in [0.25, 0.3) is 0 Å². The molecule has 6 heteroatoms. The van der Waals surface area contributed by atoms with E-state index in [9.17, 15) is 10.1 Å². The van der Waals surface area contributed by atoms with Crippen molar-refractivity contribution in [2.45, 2.75) is 31.2 Å². The van der Waals surface area contributed by atoms with Gasteiger partial charge in [0.15, 0.2) is 0 Å². The van der Waals surface area contributed by atoms with Gasteiger partial charge in [-0.05, 0) is 12.5 Å². The Morgan fingerprint density at radius 3 is 2.72 bits per heavy atom. The van der Waals surface area contributed by atoms with Crippen LogP contribution in [0, 0.1) is 15.5 Å². The minimum atomic E-state index is -0.474. The highest BCUT2D eigenvalue weighted by Crippen LogP contribution is 2.49. The van der Waals surface area contributed by atoms with Crippen LogP contribution in [0.1, 0.15) is 20.3 Å². The number of halogens is 2. The molecule has 0 amide bonds. The minimum absolute atomic E-state index is 0.0625. The molecule has 1 fully saturated rings. The van der Waals surface area contributed by atoms with Gasteiger partial charge in [0.05, 0.1) is 9.95 Å². The van der Waals surface area contributed by atoms with E-state index in [0.29, 0.717) is 4.83 Å². The van der Waals surface area contributed by atoms with Crippen molar-refractivity contribution in [2.24, 2.45) is 5.41 Å². The first-order valence-electron chi connectivity index (χ1n) is 5.57. The molecule has 0 N–H and O–H groups in total. The lowest BCUT2D eigenvalue weighted by Gasteiger charge is -2.48. The number of nitro benzene ring substituents is 1. The van der Waals surface area contributed by atoms with Crippen LogP contribution in [0.5, 0.6) is 5.75 Å². The van der Waals surface area contributed by atoms with Crippen LogP contribution in [0.15, 0.2) is 18.2 Å². The van der Waals surface area contributed by atoms with Crippen molar-refractivity contribution in [3.8, 4) is 5.75 Å². The molecule has 0 aromatic heterocycles. The van der Waals surface area contributed by atoms with Crippen molar-refractivity contribution >= 4 is 33.2 Å². The number of rotatable bonds is 3. The van der Waals surface area contributed by atoms with Gasteiger partial charge in [-0.2, -0.15) is 0 Å². The maximum atomic E-state index is 10.9. The van der Waals surface area contributed by atoms with Gasteiger partial charge in [-0.25, -0.2) is 0 Å².